The number of amides is 1. The van der Waals surface area contributed by atoms with E-state index in [1.54, 1.807) is 24.3 Å². The van der Waals surface area contributed by atoms with Gasteiger partial charge in [0.25, 0.3) is 0 Å². The molecule has 1 saturated heterocycles. The topological polar surface area (TPSA) is 79.0 Å². The van der Waals surface area contributed by atoms with Gasteiger partial charge >= 0.3 is 0 Å². The summed E-state index contributed by atoms with van der Waals surface area (Å²) in [5.41, 5.74) is 2.55. The monoisotopic (exact) mass is 507 g/mol. The second-order valence-electron chi connectivity index (χ2n) is 9.32. The van der Waals surface area contributed by atoms with Gasteiger partial charge in [0.05, 0.1) is 11.9 Å². The molecule has 1 unspecified atom stereocenters. The van der Waals surface area contributed by atoms with Gasteiger partial charge < -0.3 is 15.0 Å². The van der Waals surface area contributed by atoms with Crippen LogP contribution in [0.25, 0.3) is 0 Å². The second-order valence-corrected chi connectivity index (χ2v) is 11.2. The number of carbonyl (C=O) groups is 1. The van der Waals surface area contributed by atoms with Gasteiger partial charge in [-0.05, 0) is 72.9 Å². The van der Waals surface area contributed by atoms with Crippen LogP contribution in [0.3, 0.4) is 0 Å². The van der Waals surface area contributed by atoms with Crippen LogP contribution in [-0.2, 0) is 21.4 Å². The van der Waals surface area contributed by atoms with Crippen molar-refractivity contribution < 1.29 is 17.9 Å². The molecule has 36 heavy (non-hydrogen) atoms. The van der Waals surface area contributed by atoms with E-state index in [0.717, 1.165) is 29.2 Å². The zero-order valence-corrected chi connectivity index (χ0v) is 21.6. The standard InChI is InChI=1S/C28H33N3O4S/c1-22-7-6-18-30(20-22)24-12-10-23(11-13-24)19-29-28(32)21-31(36(2,33)34)25-14-16-27(17-15-25)35-26-8-4-3-5-9-26/h3-5,8-17,22H,6-7,18-21H2,1-2H3,(H,29,32). The van der Waals surface area contributed by atoms with Crippen molar-refractivity contribution in [3.63, 3.8) is 0 Å². The number of para-hydroxylation sites is 1. The number of rotatable bonds is 9. The van der Waals surface area contributed by atoms with Crippen LogP contribution in [-0.4, -0.2) is 40.2 Å². The Morgan fingerprint density at radius 1 is 1.00 bits per heavy atom. The normalized spacial score (nSPS) is 15.8. The van der Waals surface area contributed by atoms with Crippen LogP contribution in [0.4, 0.5) is 11.4 Å². The summed E-state index contributed by atoms with van der Waals surface area (Å²) >= 11 is 0. The molecule has 7 nitrogen and oxygen atoms in total. The molecule has 1 atom stereocenters. The molecule has 1 fully saturated rings. The van der Waals surface area contributed by atoms with Crippen molar-refractivity contribution in [1.82, 2.24) is 5.32 Å². The van der Waals surface area contributed by atoms with Crippen molar-refractivity contribution in [2.24, 2.45) is 5.92 Å². The Bertz CT molecular complexity index is 1250. The number of piperidine rings is 1. The predicted octanol–water partition coefficient (Wildman–Crippen LogP) is 4.80. The summed E-state index contributed by atoms with van der Waals surface area (Å²) in [6.45, 7) is 4.44. The zero-order valence-electron chi connectivity index (χ0n) is 20.8. The van der Waals surface area contributed by atoms with E-state index in [1.165, 1.54) is 18.5 Å². The van der Waals surface area contributed by atoms with Gasteiger partial charge in [0.1, 0.15) is 18.0 Å². The number of hydrogen-bond donors (Lipinski definition) is 1. The number of nitrogens with zero attached hydrogens (tertiary/aromatic N) is 2. The van der Waals surface area contributed by atoms with Crippen LogP contribution >= 0.6 is 0 Å². The molecule has 1 heterocycles. The minimum absolute atomic E-state index is 0.304. The largest absolute Gasteiger partial charge is 0.457 e. The first-order chi connectivity index (χ1) is 17.3. The summed E-state index contributed by atoms with van der Waals surface area (Å²) < 4.78 is 31.7. The van der Waals surface area contributed by atoms with Gasteiger partial charge in [0, 0.05) is 25.3 Å². The predicted molar refractivity (Wildman–Crippen MR) is 144 cm³/mol. The van der Waals surface area contributed by atoms with Crippen LogP contribution in [0.1, 0.15) is 25.3 Å². The highest BCUT2D eigenvalue weighted by molar-refractivity contribution is 7.92. The number of benzene rings is 3. The van der Waals surface area contributed by atoms with Gasteiger partial charge in [0.2, 0.25) is 15.9 Å². The molecule has 3 aromatic carbocycles. The van der Waals surface area contributed by atoms with Crippen molar-refractivity contribution in [3.05, 3.63) is 84.4 Å². The highest BCUT2D eigenvalue weighted by atomic mass is 32.2. The minimum atomic E-state index is -3.66. The fourth-order valence-electron chi connectivity index (χ4n) is 4.34. The highest BCUT2D eigenvalue weighted by Crippen LogP contribution is 2.26. The average Bonchev–Trinajstić information content (AvgIpc) is 2.87. The fraction of sp³-hybridized carbons (Fsp3) is 0.321. The lowest BCUT2D eigenvalue weighted by atomic mass is 9.99. The average molecular weight is 508 g/mol. The van der Waals surface area contributed by atoms with Gasteiger partial charge in [-0.3, -0.25) is 9.10 Å². The van der Waals surface area contributed by atoms with Crippen LogP contribution in [0.2, 0.25) is 0 Å². The van der Waals surface area contributed by atoms with Crippen molar-refractivity contribution in [3.8, 4) is 11.5 Å². The minimum Gasteiger partial charge on any atom is -0.457 e. The van der Waals surface area contributed by atoms with Crippen LogP contribution in [0.5, 0.6) is 11.5 Å². The lowest BCUT2D eigenvalue weighted by Gasteiger charge is -2.32. The number of carbonyl (C=O) groups excluding carboxylic acids is 1. The first kappa shape index (κ1) is 25.6. The van der Waals surface area contributed by atoms with Crippen molar-refractivity contribution in [1.29, 1.82) is 0 Å². The van der Waals surface area contributed by atoms with E-state index >= 15 is 0 Å². The lowest BCUT2D eigenvalue weighted by Crippen LogP contribution is -2.40. The number of ether oxygens (including phenoxy) is 1. The Labute approximate surface area is 213 Å². The van der Waals surface area contributed by atoms with Gasteiger partial charge in [0.15, 0.2) is 0 Å². The van der Waals surface area contributed by atoms with Gasteiger partial charge in [-0.1, -0.05) is 37.3 Å². The SMILES string of the molecule is CC1CCCN(c2ccc(CNC(=O)CN(c3ccc(Oc4ccccc4)cc3)S(C)(=O)=O)cc2)C1. The summed E-state index contributed by atoms with van der Waals surface area (Å²) in [6, 6.07) is 24.1. The Balaban J connectivity index is 1.34. The number of hydrogen-bond acceptors (Lipinski definition) is 5. The van der Waals surface area contributed by atoms with Gasteiger partial charge in [-0.15, -0.1) is 0 Å². The number of sulfonamides is 1. The summed E-state index contributed by atoms with van der Waals surface area (Å²) in [4.78, 5) is 15.1. The molecule has 1 aliphatic heterocycles. The van der Waals surface area contributed by atoms with E-state index in [9.17, 15) is 13.2 Å². The maximum Gasteiger partial charge on any atom is 0.241 e. The Morgan fingerprint density at radius 3 is 2.31 bits per heavy atom. The molecular weight excluding hydrogens is 474 g/mol. The third kappa shape index (κ3) is 7.01. The van der Waals surface area contributed by atoms with Crippen molar-refractivity contribution >= 4 is 27.3 Å². The molecule has 0 aliphatic carbocycles. The highest BCUT2D eigenvalue weighted by Gasteiger charge is 2.21. The third-order valence-electron chi connectivity index (χ3n) is 6.24. The molecule has 1 aliphatic rings. The van der Waals surface area contributed by atoms with E-state index in [2.05, 4.69) is 29.3 Å². The maximum atomic E-state index is 12.7. The van der Waals surface area contributed by atoms with E-state index in [0.29, 0.717) is 29.6 Å². The van der Waals surface area contributed by atoms with Crippen LogP contribution in [0, 0.1) is 5.92 Å². The van der Waals surface area contributed by atoms with Crippen LogP contribution in [0.15, 0.2) is 78.9 Å². The van der Waals surface area contributed by atoms with Gasteiger partial charge in [-0.25, -0.2) is 8.42 Å². The van der Waals surface area contributed by atoms with Crippen LogP contribution < -0.4 is 19.3 Å². The van der Waals surface area contributed by atoms with Crippen molar-refractivity contribution in [2.75, 3.05) is 35.1 Å². The first-order valence-corrected chi connectivity index (χ1v) is 14.0. The summed E-state index contributed by atoms with van der Waals surface area (Å²) in [6.07, 6.45) is 3.57. The molecule has 0 bridgehead atoms. The molecule has 1 N–H and O–H groups in total. The summed E-state index contributed by atoms with van der Waals surface area (Å²) in [7, 11) is -3.66. The van der Waals surface area contributed by atoms with E-state index in [4.69, 9.17) is 4.74 Å². The maximum absolute atomic E-state index is 12.7. The molecule has 3 aromatic rings. The van der Waals surface area contributed by atoms with Gasteiger partial charge in [-0.2, -0.15) is 0 Å². The Kier molecular flexibility index (Phi) is 8.15. The quantitative estimate of drug-likeness (QED) is 0.450. The van der Waals surface area contributed by atoms with E-state index in [1.807, 2.05) is 42.5 Å². The molecule has 4 rings (SSSR count). The summed E-state index contributed by atoms with van der Waals surface area (Å²) in [5.74, 6) is 1.58. The van der Waals surface area contributed by atoms with E-state index in [-0.39, 0.29) is 12.5 Å². The smallest absolute Gasteiger partial charge is 0.241 e. The molecule has 0 radical (unpaired) electrons. The molecular formula is C28H33N3O4S. The number of nitrogens with one attached hydrogen (secondary N) is 1. The first-order valence-electron chi connectivity index (χ1n) is 12.2. The molecule has 0 aromatic heterocycles. The Hall–Kier alpha value is -3.52. The van der Waals surface area contributed by atoms with E-state index < -0.39 is 10.0 Å². The third-order valence-corrected chi connectivity index (χ3v) is 7.38. The second kappa shape index (κ2) is 11.5. The van der Waals surface area contributed by atoms with Crippen molar-refractivity contribution in [2.45, 2.75) is 26.3 Å². The molecule has 0 saturated carbocycles. The molecule has 1 amide bonds. The molecule has 190 valence electrons. The fourth-order valence-corrected chi connectivity index (χ4v) is 5.20. The Morgan fingerprint density at radius 2 is 1.67 bits per heavy atom. The summed E-state index contributed by atoms with van der Waals surface area (Å²) in [5, 5.41) is 2.84. The lowest BCUT2D eigenvalue weighted by molar-refractivity contribution is -0.119. The zero-order chi connectivity index (χ0) is 25.5. The molecule has 0 spiro atoms. The molecule has 8 heteroatoms. The number of anilines is 2.